The highest BCUT2D eigenvalue weighted by atomic mass is 16.3. The highest BCUT2D eigenvalue weighted by Crippen LogP contribution is 2.17. The van der Waals surface area contributed by atoms with Crippen LogP contribution in [0.2, 0.25) is 0 Å². The van der Waals surface area contributed by atoms with Crippen LogP contribution in [0.4, 0.5) is 4.79 Å². The second kappa shape index (κ2) is 7.59. The van der Waals surface area contributed by atoms with Crippen LogP contribution >= 0.6 is 0 Å². The van der Waals surface area contributed by atoms with Crippen LogP contribution in [0.1, 0.15) is 44.9 Å². The van der Waals surface area contributed by atoms with E-state index >= 15 is 0 Å². The fourth-order valence-electron chi connectivity index (χ4n) is 2.92. The van der Waals surface area contributed by atoms with Crippen molar-refractivity contribution in [2.24, 2.45) is 0 Å². The van der Waals surface area contributed by atoms with Gasteiger partial charge in [-0.3, -0.25) is 15.0 Å². The minimum atomic E-state index is -0.376. The van der Waals surface area contributed by atoms with E-state index in [0.717, 1.165) is 25.7 Å². The van der Waals surface area contributed by atoms with Gasteiger partial charge in [-0.1, -0.05) is 19.3 Å². The molecular formula is C14H25N3O3. The van der Waals surface area contributed by atoms with Crippen molar-refractivity contribution < 1.29 is 14.7 Å². The minimum Gasteiger partial charge on any atom is -0.393 e. The molecule has 20 heavy (non-hydrogen) atoms. The van der Waals surface area contributed by atoms with Gasteiger partial charge < -0.3 is 10.4 Å². The van der Waals surface area contributed by atoms with Gasteiger partial charge in [-0.15, -0.1) is 0 Å². The van der Waals surface area contributed by atoms with Crippen molar-refractivity contribution in [2.45, 2.75) is 57.1 Å². The molecule has 6 heteroatoms. The SMILES string of the molecule is O=C(CN1CCC(O)CC1)NC(=O)NC1CCCCC1. The van der Waals surface area contributed by atoms with Crippen LogP contribution in [0.25, 0.3) is 0 Å². The number of amides is 3. The second-order valence-corrected chi connectivity index (χ2v) is 5.86. The molecule has 2 rings (SSSR count). The summed E-state index contributed by atoms with van der Waals surface area (Å²) in [4.78, 5) is 25.5. The van der Waals surface area contributed by atoms with Gasteiger partial charge in [0.1, 0.15) is 0 Å². The predicted octanol–water partition coefficient (Wildman–Crippen LogP) is 0.602. The van der Waals surface area contributed by atoms with Crippen molar-refractivity contribution in [3.8, 4) is 0 Å². The number of rotatable bonds is 3. The zero-order valence-electron chi connectivity index (χ0n) is 11.9. The summed E-state index contributed by atoms with van der Waals surface area (Å²) in [6.45, 7) is 1.64. The molecule has 0 unspecified atom stereocenters. The standard InChI is InChI=1S/C14H25N3O3/c18-12-6-8-17(9-7-12)10-13(19)16-14(20)15-11-4-2-1-3-5-11/h11-12,18H,1-10H2,(H2,15,16,19,20). The quantitative estimate of drug-likeness (QED) is 0.708. The normalized spacial score (nSPS) is 22.4. The maximum absolute atomic E-state index is 11.8. The zero-order chi connectivity index (χ0) is 14.4. The molecule has 3 amide bonds. The Balaban J connectivity index is 1.64. The van der Waals surface area contributed by atoms with Crippen molar-refractivity contribution in [3.05, 3.63) is 0 Å². The lowest BCUT2D eigenvalue weighted by molar-refractivity contribution is -0.121. The fourth-order valence-corrected chi connectivity index (χ4v) is 2.92. The molecule has 2 aliphatic rings. The smallest absolute Gasteiger partial charge is 0.321 e. The largest absolute Gasteiger partial charge is 0.393 e. The Kier molecular flexibility index (Phi) is 5.79. The van der Waals surface area contributed by atoms with E-state index in [1.54, 1.807) is 0 Å². The predicted molar refractivity (Wildman–Crippen MR) is 75.2 cm³/mol. The summed E-state index contributed by atoms with van der Waals surface area (Å²) >= 11 is 0. The van der Waals surface area contributed by atoms with Crippen LogP contribution < -0.4 is 10.6 Å². The first-order valence-electron chi connectivity index (χ1n) is 7.64. The number of carbonyl (C=O) groups excluding carboxylic acids is 2. The monoisotopic (exact) mass is 283 g/mol. The van der Waals surface area contributed by atoms with Crippen LogP contribution in [0.3, 0.4) is 0 Å². The van der Waals surface area contributed by atoms with Crippen molar-refractivity contribution >= 4 is 11.9 Å². The minimum absolute atomic E-state index is 0.210. The van der Waals surface area contributed by atoms with E-state index in [1.165, 1.54) is 6.42 Å². The number of aliphatic hydroxyl groups is 1. The van der Waals surface area contributed by atoms with E-state index in [0.29, 0.717) is 25.9 Å². The van der Waals surface area contributed by atoms with E-state index in [4.69, 9.17) is 0 Å². The van der Waals surface area contributed by atoms with Crippen LogP contribution in [-0.4, -0.2) is 53.7 Å². The summed E-state index contributed by atoms with van der Waals surface area (Å²) < 4.78 is 0. The molecule has 0 aromatic carbocycles. The Morgan fingerprint density at radius 3 is 2.35 bits per heavy atom. The van der Waals surface area contributed by atoms with Gasteiger partial charge in [0.15, 0.2) is 0 Å². The summed E-state index contributed by atoms with van der Waals surface area (Å²) in [5.74, 6) is -0.269. The van der Waals surface area contributed by atoms with Gasteiger partial charge in [0, 0.05) is 19.1 Å². The van der Waals surface area contributed by atoms with Crippen molar-refractivity contribution in [1.29, 1.82) is 0 Å². The summed E-state index contributed by atoms with van der Waals surface area (Å²) in [5, 5.41) is 14.7. The van der Waals surface area contributed by atoms with Gasteiger partial charge in [-0.05, 0) is 25.7 Å². The summed E-state index contributed by atoms with van der Waals surface area (Å²) in [6.07, 6.45) is 6.69. The van der Waals surface area contributed by atoms with Crippen molar-refractivity contribution in [3.63, 3.8) is 0 Å². The number of carbonyl (C=O) groups is 2. The molecule has 1 saturated heterocycles. The van der Waals surface area contributed by atoms with Crippen molar-refractivity contribution in [2.75, 3.05) is 19.6 Å². The highest BCUT2D eigenvalue weighted by Gasteiger charge is 2.21. The number of hydrogen-bond donors (Lipinski definition) is 3. The average Bonchev–Trinajstić information content (AvgIpc) is 2.42. The third kappa shape index (κ3) is 5.09. The highest BCUT2D eigenvalue weighted by molar-refractivity contribution is 5.95. The Morgan fingerprint density at radius 2 is 1.70 bits per heavy atom. The number of nitrogens with one attached hydrogen (secondary N) is 2. The molecule has 1 heterocycles. The van der Waals surface area contributed by atoms with E-state index in [-0.39, 0.29) is 30.6 Å². The lowest BCUT2D eigenvalue weighted by Gasteiger charge is -2.28. The van der Waals surface area contributed by atoms with Crippen molar-refractivity contribution in [1.82, 2.24) is 15.5 Å². The molecule has 2 fully saturated rings. The number of piperidine rings is 1. The topological polar surface area (TPSA) is 81.7 Å². The summed E-state index contributed by atoms with van der Waals surface area (Å²) in [6, 6.07) is -0.166. The molecule has 0 aromatic rings. The molecular weight excluding hydrogens is 258 g/mol. The Morgan fingerprint density at radius 1 is 1.05 bits per heavy atom. The Bertz CT molecular complexity index is 335. The number of imide groups is 1. The zero-order valence-corrected chi connectivity index (χ0v) is 11.9. The molecule has 0 radical (unpaired) electrons. The molecule has 114 valence electrons. The Hall–Kier alpha value is -1.14. The molecule has 1 saturated carbocycles. The molecule has 3 N–H and O–H groups in total. The number of likely N-dealkylation sites (tertiary alicyclic amines) is 1. The van der Waals surface area contributed by atoms with Crippen LogP contribution in [0.15, 0.2) is 0 Å². The second-order valence-electron chi connectivity index (χ2n) is 5.86. The van der Waals surface area contributed by atoms with Gasteiger partial charge in [0.05, 0.1) is 12.6 Å². The molecule has 0 aromatic heterocycles. The first-order valence-corrected chi connectivity index (χ1v) is 7.64. The van der Waals surface area contributed by atoms with E-state index in [9.17, 15) is 14.7 Å². The van der Waals surface area contributed by atoms with Crippen LogP contribution in [-0.2, 0) is 4.79 Å². The maximum atomic E-state index is 11.8. The number of urea groups is 1. The van der Waals surface area contributed by atoms with Gasteiger partial charge in [-0.2, -0.15) is 0 Å². The average molecular weight is 283 g/mol. The van der Waals surface area contributed by atoms with Gasteiger partial charge in [0.2, 0.25) is 5.91 Å². The fraction of sp³-hybridized carbons (Fsp3) is 0.857. The lowest BCUT2D eigenvalue weighted by Crippen LogP contribution is -2.49. The van der Waals surface area contributed by atoms with Crippen LogP contribution in [0, 0.1) is 0 Å². The van der Waals surface area contributed by atoms with Crippen LogP contribution in [0.5, 0.6) is 0 Å². The van der Waals surface area contributed by atoms with E-state index in [1.807, 2.05) is 4.90 Å². The number of nitrogens with zero attached hydrogens (tertiary/aromatic N) is 1. The molecule has 0 bridgehead atoms. The van der Waals surface area contributed by atoms with Gasteiger partial charge in [-0.25, -0.2) is 4.79 Å². The van der Waals surface area contributed by atoms with Gasteiger partial charge >= 0.3 is 6.03 Å². The third-order valence-electron chi connectivity index (χ3n) is 4.12. The Labute approximate surface area is 119 Å². The summed E-state index contributed by atoms with van der Waals surface area (Å²) in [7, 11) is 0. The maximum Gasteiger partial charge on any atom is 0.321 e. The first kappa shape index (κ1) is 15.3. The molecule has 0 spiro atoms. The number of hydrogen-bond acceptors (Lipinski definition) is 4. The molecule has 1 aliphatic heterocycles. The molecule has 6 nitrogen and oxygen atoms in total. The van der Waals surface area contributed by atoms with Gasteiger partial charge in [0.25, 0.3) is 0 Å². The number of aliphatic hydroxyl groups excluding tert-OH is 1. The summed E-state index contributed by atoms with van der Waals surface area (Å²) in [5.41, 5.74) is 0. The van der Waals surface area contributed by atoms with E-state index in [2.05, 4.69) is 10.6 Å². The lowest BCUT2D eigenvalue weighted by atomic mass is 9.96. The molecule has 0 atom stereocenters. The third-order valence-corrected chi connectivity index (χ3v) is 4.12. The molecule has 1 aliphatic carbocycles. The first-order chi connectivity index (χ1) is 9.63. The van der Waals surface area contributed by atoms with E-state index < -0.39 is 0 Å².